The smallest absolute Gasteiger partial charge is 0.306 e. The third-order valence-corrected chi connectivity index (χ3v) is 4.41. The molecule has 2 heterocycles. The number of nitrogens with zero attached hydrogens (tertiary/aromatic N) is 2. The first-order chi connectivity index (χ1) is 10.5. The first-order valence-electron chi connectivity index (χ1n) is 7.83. The summed E-state index contributed by atoms with van der Waals surface area (Å²) in [6.07, 6.45) is 2.64. The van der Waals surface area contributed by atoms with Gasteiger partial charge in [0.15, 0.2) is 11.6 Å². The Kier molecular flexibility index (Phi) is 4.20. The zero-order valence-electron chi connectivity index (χ0n) is 12.7. The van der Waals surface area contributed by atoms with E-state index in [-0.39, 0.29) is 18.1 Å². The molecule has 0 spiro atoms. The summed E-state index contributed by atoms with van der Waals surface area (Å²) in [5, 5.41) is 18.7. The predicted molar refractivity (Wildman–Crippen MR) is 81.2 cm³/mol. The molecule has 0 bridgehead atoms. The van der Waals surface area contributed by atoms with Crippen LogP contribution in [0.4, 0.5) is 5.82 Å². The van der Waals surface area contributed by atoms with Gasteiger partial charge >= 0.3 is 5.97 Å². The van der Waals surface area contributed by atoms with Crippen molar-refractivity contribution in [3.8, 4) is 5.75 Å². The highest BCUT2D eigenvalue weighted by Gasteiger charge is 2.31. The summed E-state index contributed by atoms with van der Waals surface area (Å²) in [6.45, 7) is 3.05. The molecule has 0 unspecified atom stereocenters. The molecule has 1 aromatic heterocycles. The largest absolute Gasteiger partial charge is 0.487 e. The Morgan fingerprint density at radius 1 is 1.36 bits per heavy atom. The number of aryl methyl sites for hydroxylation is 1. The van der Waals surface area contributed by atoms with E-state index in [4.69, 9.17) is 4.74 Å². The van der Waals surface area contributed by atoms with Gasteiger partial charge in [0.05, 0.1) is 18.1 Å². The summed E-state index contributed by atoms with van der Waals surface area (Å²) in [6, 6.07) is 3.79. The van der Waals surface area contributed by atoms with Gasteiger partial charge in [-0.3, -0.25) is 4.79 Å². The van der Waals surface area contributed by atoms with E-state index in [2.05, 4.69) is 4.98 Å². The summed E-state index contributed by atoms with van der Waals surface area (Å²) >= 11 is 0. The lowest BCUT2D eigenvalue weighted by molar-refractivity contribution is -0.143. The topological polar surface area (TPSA) is 82.9 Å². The standard InChI is InChI=1S/C16H22N2O4/c1-10-5-6-14(15(17-10)18-8-12(19)9-18)22-13-4-2-3-11(7-13)16(20)21/h5-6,11-13,19H,2-4,7-9H2,1H3,(H,20,21)/t11-,13-/m0/s1. The van der Waals surface area contributed by atoms with Gasteiger partial charge in [0.2, 0.25) is 0 Å². The lowest BCUT2D eigenvalue weighted by Crippen LogP contribution is -2.51. The molecule has 2 atom stereocenters. The Hall–Kier alpha value is -1.82. The summed E-state index contributed by atoms with van der Waals surface area (Å²) < 4.78 is 6.06. The Morgan fingerprint density at radius 2 is 2.14 bits per heavy atom. The van der Waals surface area contributed by atoms with Crippen LogP contribution in [-0.4, -0.2) is 46.5 Å². The maximum Gasteiger partial charge on any atom is 0.306 e. The van der Waals surface area contributed by atoms with Gasteiger partial charge in [0.25, 0.3) is 0 Å². The van der Waals surface area contributed by atoms with E-state index in [9.17, 15) is 15.0 Å². The molecule has 1 saturated carbocycles. The molecule has 1 aliphatic heterocycles. The number of hydrogen-bond donors (Lipinski definition) is 2. The SMILES string of the molecule is Cc1ccc(O[C@H]2CCC[C@H](C(=O)O)C2)c(N2CC(O)C2)n1. The first-order valence-corrected chi connectivity index (χ1v) is 7.83. The Labute approximate surface area is 129 Å². The van der Waals surface area contributed by atoms with Crippen LogP contribution in [0.25, 0.3) is 0 Å². The quantitative estimate of drug-likeness (QED) is 0.879. The molecule has 6 nitrogen and oxygen atoms in total. The number of hydrogen-bond acceptors (Lipinski definition) is 5. The van der Waals surface area contributed by atoms with Crippen molar-refractivity contribution < 1.29 is 19.7 Å². The van der Waals surface area contributed by atoms with Crippen molar-refractivity contribution in [3.63, 3.8) is 0 Å². The highest BCUT2D eigenvalue weighted by atomic mass is 16.5. The average Bonchev–Trinajstić information content (AvgIpc) is 2.46. The molecule has 6 heteroatoms. The number of carboxylic acid groups (broad SMARTS) is 1. The van der Waals surface area contributed by atoms with Crippen LogP contribution in [0.3, 0.4) is 0 Å². The van der Waals surface area contributed by atoms with E-state index in [1.807, 2.05) is 24.0 Å². The van der Waals surface area contributed by atoms with Crippen LogP contribution in [0.15, 0.2) is 12.1 Å². The zero-order chi connectivity index (χ0) is 15.7. The lowest BCUT2D eigenvalue weighted by atomic mass is 9.87. The van der Waals surface area contributed by atoms with E-state index in [0.29, 0.717) is 25.3 Å². The molecule has 1 aliphatic carbocycles. The fourth-order valence-corrected chi connectivity index (χ4v) is 3.13. The van der Waals surface area contributed by atoms with Crippen molar-refractivity contribution in [2.45, 2.75) is 44.8 Å². The normalized spacial score (nSPS) is 25.6. The van der Waals surface area contributed by atoms with E-state index in [1.165, 1.54) is 0 Å². The van der Waals surface area contributed by atoms with Crippen LogP contribution in [-0.2, 0) is 4.79 Å². The predicted octanol–water partition coefficient (Wildman–Crippen LogP) is 1.59. The molecular formula is C16H22N2O4. The number of aliphatic carboxylic acids is 1. The minimum Gasteiger partial charge on any atom is -0.487 e. The third kappa shape index (κ3) is 3.16. The number of aliphatic hydroxyl groups excluding tert-OH is 1. The highest BCUT2D eigenvalue weighted by Crippen LogP contribution is 2.34. The number of carbonyl (C=O) groups is 1. The van der Waals surface area contributed by atoms with Crippen molar-refractivity contribution in [2.75, 3.05) is 18.0 Å². The first kappa shape index (κ1) is 15.1. The molecule has 2 fully saturated rings. The van der Waals surface area contributed by atoms with Crippen molar-refractivity contribution in [2.24, 2.45) is 5.92 Å². The summed E-state index contributed by atoms with van der Waals surface area (Å²) in [7, 11) is 0. The van der Waals surface area contributed by atoms with Gasteiger partial charge in [-0.25, -0.2) is 4.98 Å². The molecule has 22 heavy (non-hydrogen) atoms. The van der Waals surface area contributed by atoms with Crippen LogP contribution in [0.1, 0.15) is 31.4 Å². The zero-order valence-corrected chi connectivity index (χ0v) is 12.7. The Bertz CT molecular complexity index is 557. The number of rotatable bonds is 4. The number of pyridine rings is 1. The molecule has 0 radical (unpaired) electrons. The Morgan fingerprint density at radius 3 is 2.82 bits per heavy atom. The summed E-state index contributed by atoms with van der Waals surface area (Å²) in [4.78, 5) is 17.7. The van der Waals surface area contributed by atoms with Gasteiger partial charge in [-0.2, -0.15) is 0 Å². The molecule has 2 aliphatic rings. The second-order valence-electron chi connectivity index (χ2n) is 6.27. The molecule has 1 saturated heterocycles. The molecule has 0 aromatic carbocycles. The molecule has 1 aromatic rings. The summed E-state index contributed by atoms with van der Waals surface area (Å²) in [5.74, 6) is 0.393. The van der Waals surface area contributed by atoms with Gasteiger partial charge < -0.3 is 19.8 Å². The van der Waals surface area contributed by atoms with Crippen LogP contribution in [0.5, 0.6) is 5.75 Å². The second kappa shape index (κ2) is 6.12. The minimum atomic E-state index is -0.735. The van der Waals surface area contributed by atoms with E-state index < -0.39 is 5.97 Å². The van der Waals surface area contributed by atoms with Crippen molar-refractivity contribution in [1.82, 2.24) is 4.98 Å². The molecule has 2 N–H and O–H groups in total. The fraction of sp³-hybridized carbons (Fsp3) is 0.625. The molecule has 3 rings (SSSR count). The average molecular weight is 306 g/mol. The number of aromatic nitrogens is 1. The van der Waals surface area contributed by atoms with Crippen LogP contribution in [0.2, 0.25) is 0 Å². The third-order valence-electron chi connectivity index (χ3n) is 4.41. The van der Waals surface area contributed by atoms with E-state index in [0.717, 1.165) is 30.8 Å². The monoisotopic (exact) mass is 306 g/mol. The number of ether oxygens (including phenoxy) is 1. The van der Waals surface area contributed by atoms with Gasteiger partial charge in [-0.05, 0) is 44.7 Å². The van der Waals surface area contributed by atoms with E-state index in [1.54, 1.807) is 0 Å². The van der Waals surface area contributed by atoms with Gasteiger partial charge in [0.1, 0.15) is 0 Å². The molecular weight excluding hydrogens is 284 g/mol. The van der Waals surface area contributed by atoms with Crippen molar-refractivity contribution >= 4 is 11.8 Å². The Balaban J connectivity index is 1.73. The highest BCUT2D eigenvalue weighted by molar-refractivity contribution is 5.70. The van der Waals surface area contributed by atoms with Crippen LogP contribution >= 0.6 is 0 Å². The number of β-amino-alcohol motifs (C(OH)–C–C–N with tert-alkyl or cyclic N) is 1. The van der Waals surface area contributed by atoms with Crippen molar-refractivity contribution in [3.05, 3.63) is 17.8 Å². The molecule has 120 valence electrons. The van der Waals surface area contributed by atoms with E-state index >= 15 is 0 Å². The van der Waals surface area contributed by atoms with Crippen LogP contribution < -0.4 is 9.64 Å². The van der Waals surface area contributed by atoms with Crippen molar-refractivity contribution in [1.29, 1.82) is 0 Å². The number of anilines is 1. The maximum atomic E-state index is 11.2. The maximum absolute atomic E-state index is 11.2. The number of aliphatic hydroxyl groups is 1. The molecule has 0 amide bonds. The summed E-state index contributed by atoms with van der Waals surface area (Å²) in [5.41, 5.74) is 0.899. The minimum absolute atomic E-state index is 0.0793. The lowest BCUT2D eigenvalue weighted by Gasteiger charge is -2.38. The van der Waals surface area contributed by atoms with Gasteiger partial charge in [0, 0.05) is 18.8 Å². The fourth-order valence-electron chi connectivity index (χ4n) is 3.13. The van der Waals surface area contributed by atoms with Crippen LogP contribution in [0, 0.1) is 12.8 Å². The van der Waals surface area contributed by atoms with Gasteiger partial charge in [-0.1, -0.05) is 0 Å². The number of carboxylic acids is 1. The van der Waals surface area contributed by atoms with Gasteiger partial charge in [-0.15, -0.1) is 0 Å². The second-order valence-corrected chi connectivity index (χ2v) is 6.27.